The van der Waals surface area contributed by atoms with Gasteiger partial charge in [-0.15, -0.1) is 0 Å². The molecule has 5 aromatic rings. The minimum Gasteiger partial charge on any atom is -0.383 e. The van der Waals surface area contributed by atoms with E-state index in [0.29, 0.717) is 48.9 Å². The van der Waals surface area contributed by atoms with Gasteiger partial charge in [0.05, 0.1) is 36.1 Å². The lowest BCUT2D eigenvalue weighted by molar-refractivity contribution is 0.0564. The lowest BCUT2D eigenvalue weighted by atomic mass is 10.0. The molecule has 5 N–H and O–H groups in total. The van der Waals surface area contributed by atoms with Gasteiger partial charge in [-0.2, -0.15) is 0 Å². The molecule has 2 amide bonds. The number of nitrogens with one attached hydrogen (secondary N) is 3. The molecule has 40 heavy (non-hydrogen) atoms. The minimum atomic E-state index is -0.199. The van der Waals surface area contributed by atoms with Crippen molar-refractivity contribution in [1.29, 1.82) is 5.41 Å². The predicted octanol–water partition coefficient (Wildman–Crippen LogP) is 4.86. The van der Waals surface area contributed by atoms with Crippen LogP contribution in [0.15, 0.2) is 73.2 Å². The van der Waals surface area contributed by atoms with Crippen molar-refractivity contribution in [2.45, 2.75) is 6.92 Å². The molecule has 1 fully saturated rings. The van der Waals surface area contributed by atoms with Gasteiger partial charge in [-0.25, -0.2) is 14.8 Å². The molecule has 0 spiro atoms. The summed E-state index contributed by atoms with van der Waals surface area (Å²) >= 11 is 0. The standard InChI is InChI=1S/C30H28N8O2/c1-18-4-2-5-19(12-18)23-6-3-7-25-27(23)37-29(36-25)26(31)24-14-21(16-34-28(24)32)20-13-22(17-33-15-20)35-30(39)38-8-10-40-11-9-38/h2-7,12-17,31H,8-11H2,1H3,(H2,32,34)(H,35,39)(H,36,37). The molecule has 0 bridgehead atoms. The van der Waals surface area contributed by atoms with Crippen LogP contribution >= 0.6 is 0 Å². The Balaban J connectivity index is 1.29. The van der Waals surface area contributed by atoms with Gasteiger partial charge in [0.1, 0.15) is 11.5 Å². The predicted molar refractivity (Wildman–Crippen MR) is 155 cm³/mol. The van der Waals surface area contributed by atoms with Gasteiger partial charge in [0.2, 0.25) is 0 Å². The first-order chi connectivity index (χ1) is 19.5. The summed E-state index contributed by atoms with van der Waals surface area (Å²) in [6.07, 6.45) is 4.90. The van der Waals surface area contributed by atoms with E-state index in [1.165, 1.54) is 0 Å². The largest absolute Gasteiger partial charge is 0.383 e. The number of aromatic nitrogens is 4. The fourth-order valence-corrected chi connectivity index (χ4v) is 4.79. The van der Waals surface area contributed by atoms with E-state index < -0.39 is 0 Å². The van der Waals surface area contributed by atoms with Crippen molar-refractivity contribution >= 4 is 34.3 Å². The number of ether oxygens (including phenoxy) is 1. The first-order valence-corrected chi connectivity index (χ1v) is 13.0. The van der Waals surface area contributed by atoms with Gasteiger partial charge in [0.15, 0.2) is 5.82 Å². The molecule has 1 saturated heterocycles. The Morgan fingerprint density at radius 1 is 1.02 bits per heavy atom. The average Bonchev–Trinajstić information content (AvgIpc) is 3.42. The van der Waals surface area contributed by atoms with E-state index >= 15 is 0 Å². The number of aromatic amines is 1. The Morgan fingerprint density at radius 3 is 2.65 bits per heavy atom. The molecule has 0 aliphatic carbocycles. The smallest absolute Gasteiger partial charge is 0.322 e. The summed E-state index contributed by atoms with van der Waals surface area (Å²) in [4.78, 5) is 31.1. The van der Waals surface area contributed by atoms with Crippen molar-refractivity contribution in [3.63, 3.8) is 0 Å². The van der Waals surface area contributed by atoms with Gasteiger partial charge in [-0.3, -0.25) is 10.4 Å². The van der Waals surface area contributed by atoms with Crippen molar-refractivity contribution in [3.8, 4) is 22.3 Å². The molecule has 1 aliphatic heterocycles. The van der Waals surface area contributed by atoms with Crippen LogP contribution < -0.4 is 11.1 Å². The van der Waals surface area contributed by atoms with E-state index in [1.807, 2.05) is 30.3 Å². The van der Waals surface area contributed by atoms with Crippen LogP contribution in [0.5, 0.6) is 0 Å². The zero-order chi connectivity index (χ0) is 27.6. The Labute approximate surface area is 230 Å². The summed E-state index contributed by atoms with van der Waals surface area (Å²) in [5, 5.41) is 11.9. The van der Waals surface area contributed by atoms with Crippen LogP contribution in [-0.2, 0) is 4.74 Å². The van der Waals surface area contributed by atoms with Crippen molar-refractivity contribution < 1.29 is 9.53 Å². The highest BCUT2D eigenvalue weighted by Gasteiger charge is 2.19. The Hall–Kier alpha value is -5.09. The first-order valence-electron chi connectivity index (χ1n) is 13.0. The third-order valence-corrected chi connectivity index (χ3v) is 6.89. The van der Waals surface area contributed by atoms with Crippen molar-refractivity contribution in [1.82, 2.24) is 24.8 Å². The molecule has 4 heterocycles. The van der Waals surface area contributed by atoms with Crippen LogP contribution in [0, 0.1) is 12.3 Å². The maximum absolute atomic E-state index is 12.6. The normalized spacial score (nSPS) is 13.4. The Kier molecular flexibility index (Phi) is 6.67. The average molecular weight is 533 g/mol. The van der Waals surface area contributed by atoms with E-state index in [-0.39, 0.29) is 17.6 Å². The van der Waals surface area contributed by atoms with E-state index in [2.05, 4.69) is 45.4 Å². The van der Waals surface area contributed by atoms with E-state index in [0.717, 1.165) is 33.3 Å². The van der Waals surface area contributed by atoms with E-state index in [1.54, 1.807) is 29.6 Å². The number of anilines is 2. The molecule has 0 radical (unpaired) electrons. The molecule has 10 nitrogen and oxygen atoms in total. The molecule has 0 saturated carbocycles. The van der Waals surface area contributed by atoms with Gasteiger partial charge >= 0.3 is 6.03 Å². The number of morpholine rings is 1. The summed E-state index contributed by atoms with van der Waals surface area (Å²) in [5.41, 5.74) is 13.6. The lowest BCUT2D eigenvalue weighted by Gasteiger charge is -2.26. The highest BCUT2D eigenvalue weighted by Crippen LogP contribution is 2.30. The summed E-state index contributed by atoms with van der Waals surface area (Å²) in [7, 11) is 0. The van der Waals surface area contributed by atoms with Gasteiger partial charge in [-0.05, 0) is 30.7 Å². The molecule has 10 heteroatoms. The topological polar surface area (TPSA) is 146 Å². The number of urea groups is 1. The van der Waals surface area contributed by atoms with Crippen LogP contribution in [0.25, 0.3) is 33.3 Å². The number of nitrogens with zero attached hydrogens (tertiary/aromatic N) is 4. The molecule has 1 aliphatic rings. The molecule has 200 valence electrons. The van der Waals surface area contributed by atoms with Crippen LogP contribution in [0.2, 0.25) is 0 Å². The summed E-state index contributed by atoms with van der Waals surface area (Å²) in [6, 6.07) is 17.6. The number of aryl methyl sites for hydroxylation is 1. The van der Waals surface area contributed by atoms with E-state index in [4.69, 9.17) is 20.9 Å². The Bertz CT molecular complexity index is 1740. The molecular weight excluding hydrogens is 504 g/mol. The monoisotopic (exact) mass is 532 g/mol. The number of hydrogen-bond donors (Lipinski definition) is 4. The van der Waals surface area contributed by atoms with Crippen molar-refractivity contribution in [3.05, 3.63) is 90.1 Å². The number of amides is 2. The number of imidazole rings is 1. The zero-order valence-electron chi connectivity index (χ0n) is 21.9. The molecular formula is C30H28N8O2. The second-order valence-corrected chi connectivity index (χ2v) is 9.68. The second kappa shape index (κ2) is 10.6. The fourth-order valence-electron chi connectivity index (χ4n) is 4.79. The third-order valence-electron chi connectivity index (χ3n) is 6.89. The van der Waals surface area contributed by atoms with Crippen LogP contribution in [0.3, 0.4) is 0 Å². The molecule has 6 rings (SSSR count). The quantitative estimate of drug-likeness (QED) is 0.238. The number of fused-ring (bicyclic) bond motifs is 1. The molecule has 0 atom stereocenters. The van der Waals surface area contributed by atoms with Crippen LogP contribution in [0.1, 0.15) is 17.0 Å². The Morgan fingerprint density at radius 2 is 1.82 bits per heavy atom. The third kappa shape index (κ3) is 4.99. The number of nitrogen functional groups attached to an aromatic ring is 1. The summed E-state index contributed by atoms with van der Waals surface area (Å²) < 4.78 is 5.32. The number of para-hydroxylation sites is 1. The SMILES string of the molecule is Cc1cccc(-c2cccc3[nH]c(C(=N)c4cc(-c5cncc(NC(=O)N6CCOCC6)c5)cnc4N)nc23)c1. The maximum Gasteiger partial charge on any atom is 0.322 e. The summed E-state index contributed by atoms with van der Waals surface area (Å²) in [5.74, 6) is 0.614. The molecule has 2 aromatic carbocycles. The fraction of sp³-hybridized carbons (Fsp3) is 0.167. The number of H-pyrrole nitrogens is 1. The number of pyridine rings is 2. The second-order valence-electron chi connectivity index (χ2n) is 9.68. The molecule has 3 aromatic heterocycles. The number of carbonyl (C=O) groups excluding carboxylic acids is 1. The van der Waals surface area contributed by atoms with Crippen molar-refractivity contribution in [2.75, 3.05) is 37.4 Å². The number of hydrogen-bond acceptors (Lipinski definition) is 7. The number of nitrogens with two attached hydrogens (primary N) is 1. The summed E-state index contributed by atoms with van der Waals surface area (Å²) in [6.45, 7) is 4.19. The highest BCUT2D eigenvalue weighted by molar-refractivity contribution is 6.13. The van der Waals surface area contributed by atoms with Gasteiger partial charge in [0.25, 0.3) is 0 Å². The van der Waals surface area contributed by atoms with Gasteiger partial charge < -0.3 is 25.7 Å². The number of benzene rings is 2. The number of carbonyl (C=O) groups is 1. The van der Waals surface area contributed by atoms with Crippen LogP contribution in [0.4, 0.5) is 16.3 Å². The molecule has 0 unspecified atom stereocenters. The van der Waals surface area contributed by atoms with E-state index in [9.17, 15) is 4.79 Å². The van der Waals surface area contributed by atoms with Crippen LogP contribution in [-0.4, -0.2) is 62.9 Å². The van der Waals surface area contributed by atoms with Crippen molar-refractivity contribution in [2.24, 2.45) is 0 Å². The highest BCUT2D eigenvalue weighted by atomic mass is 16.5. The first kappa shape index (κ1) is 25.2. The lowest BCUT2D eigenvalue weighted by Crippen LogP contribution is -2.43. The maximum atomic E-state index is 12.6. The zero-order valence-corrected chi connectivity index (χ0v) is 21.9. The van der Waals surface area contributed by atoms with Gasteiger partial charge in [0, 0.05) is 47.7 Å². The minimum absolute atomic E-state index is 0.128. The number of rotatable bonds is 5. The van der Waals surface area contributed by atoms with Gasteiger partial charge in [-0.1, -0.05) is 42.0 Å².